The summed E-state index contributed by atoms with van der Waals surface area (Å²) in [7, 11) is 0. The number of alkyl halides is 3. The molecule has 2 aliphatic heterocycles. The Morgan fingerprint density at radius 1 is 1.24 bits per heavy atom. The lowest BCUT2D eigenvalue weighted by Crippen LogP contribution is -2.46. The summed E-state index contributed by atoms with van der Waals surface area (Å²) in [5.41, 5.74) is 1.44. The number of hydrogen-bond acceptors (Lipinski definition) is 6. The summed E-state index contributed by atoms with van der Waals surface area (Å²) in [5, 5.41) is 0. The number of aromatic nitrogens is 2. The minimum Gasteiger partial charge on any atom is -0.432 e. The first-order chi connectivity index (χ1) is 16.3. The fraction of sp³-hybridized carbons (Fsp3) is 0.478. The highest BCUT2D eigenvalue weighted by Crippen LogP contribution is 2.37. The van der Waals surface area contributed by atoms with Crippen molar-refractivity contribution in [3.05, 3.63) is 57.5 Å². The van der Waals surface area contributed by atoms with Gasteiger partial charge in [0.05, 0.1) is 17.3 Å². The largest absolute Gasteiger partial charge is 0.432 e. The van der Waals surface area contributed by atoms with Gasteiger partial charge in [0.25, 0.3) is 5.56 Å². The zero-order valence-corrected chi connectivity index (χ0v) is 18.6. The number of hydrogen-bond donors (Lipinski definition) is 1. The summed E-state index contributed by atoms with van der Waals surface area (Å²) in [4.78, 5) is 24.3. The number of rotatable bonds is 6. The first-order valence-electron chi connectivity index (χ1n) is 11.2. The Balaban J connectivity index is 1.30. The van der Waals surface area contributed by atoms with Gasteiger partial charge in [0, 0.05) is 45.7 Å². The molecule has 1 aliphatic carbocycles. The minimum absolute atomic E-state index is 0.0913. The molecular weight excluding hydrogens is 454 g/mol. The van der Waals surface area contributed by atoms with Crippen molar-refractivity contribution in [3.63, 3.8) is 0 Å². The molecule has 1 N–H and O–H groups in total. The number of ether oxygens (including phenoxy) is 1. The molecular formula is C23H25F4N5O2. The minimum atomic E-state index is -3.02. The van der Waals surface area contributed by atoms with Crippen molar-refractivity contribution in [3.8, 4) is 5.75 Å². The molecule has 0 unspecified atom stereocenters. The maximum Gasteiger partial charge on any atom is 0.387 e. The van der Waals surface area contributed by atoms with Crippen LogP contribution in [0.15, 0.2) is 40.7 Å². The van der Waals surface area contributed by atoms with E-state index >= 15 is 0 Å². The molecule has 3 aliphatic rings. The summed E-state index contributed by atoms with van der Waals surface area (Å²) in [6.07, 6.45) is 3.00. The third kappa shape index (κ3) is 4.48. The number of benzene rings is 1. The number of halogens is 4. The molecule has 11 heteroatoms. The Kier molecular flexibility index (Phi) is 5.97. The predicted octanol–water partition coefficient (Wildman–Crippen LogP) is 3.07. The van der Waals surface area contributed by atoms with E-state index in [0.29, 0.717) is 62.5 Å². The lowest BCUT2D eigenvalue weighted by molar-refractivity contribution is -0.0490. The molecule has 182 valence electrons. The third-order valence-corrected chi connectivity index (χ3v) is 6.45. The number of aromatic amines is 1. The van der Waals surface area contributed by atoms with E-state index in [4.69, 9.17) is 0 Å². The molecule has 2 atom stereocenters. The van der Waals surface area contributed by atoms with Gasteiger partial charge in [-0.2, -0.15) is 13.2 Å². The van der Waals surface area contributed by atoms with Crippen LogP contribution in [0, 0.1) is 6.92 Å². The Hall–Kier alpha value is -3.08. The standard InChI is InChI=1S/C23H25F4N5O2/c1-13-22(33)29-16-9-14(10-19(20(16)28-13)34-23(26)27)12-30-5-7-31(8-6-30)17-3-2-4-32(21(17)25)18-11-15(18)24/h2-3,9-10,15,18,23H,4-8,11-12H2,1H3,(H,29,33)/t15-,18+/m1/s1. The highest BCUT2D eigenvalue weighted by molar-refractivity contribution is 5.81. The Bertz CT molecular complexity index is 1210. The van der Waals surface area contributed by atoms with E-state index in [0.717, 1.165) is 0 Å². The Morgan fingerprint density at radius 3 is 2.65 bits per heavy atom. The molecule has 1 aromatic heterocycles. The molecule has 1 aromatic carbocycles. The van der Waals surface area contributed by atoms with E-state index in [2.05, 4.69) is 19.6 Å². The van der Waals surface area contributed by atoms with Crippen molar-refractivity contribution >= 4 is 11.0 Å². The summed E-state index contributed by atoms with van der Waals surface area (Å²) in [5.74, 6) is -0.470. The first-order valence-corrected chi connectivity index (χ1v) is 11.2. The van der Waals surface area contributed by atoms with Gasteiger partial charge in [0.2, 0.25) is 5.95 Å². The van der Waals surface area contributed by atoms with Gasteiger partial charge in [-0.1, -0.05) is 6.08 Å². The highest BCUT2D eigenvalue weighted by atomic mass is 19.3. The fourth-order valence-electron chi connectivity index (χ4n) is 4.55. The van der Waals surface area contributed by atoms with Gasteiger partial charge in [-0.05, 0) is 30.7 Å². The monoisotopic (exact) mass is 479 g/mol. The van der Waals surface area contributed by atoms with E-state index < -0.39 is 18.3 Å². The maximum absolute atomic E-state index is 15.0. The molecule has 7 nitrogen and oxygen atoms in total. The van der Waals surface area contributed by atoms with Crippen LogP contribution < -0.4 is 10.3 Å². The first kappa shape index (κ1) is 22.7. The average Bonchev–Trinajstić information content (AvgIpc) is 3.52. The highest BCUT2D eigenvalue weighted by Gasteiger charge is 2.44. The quantitative estimate of drug-likeness (QED) is 0.508. The number of nitrogens with zero attached hydrogens (tertiary/aromatic N) is 4. The molecule has 3 heterocycles. The van der Waals surface area contributed by atoms with Gasteiger partial charge in [-0.15, -0.1) is 0 Å². The van der Waals surface area contributed by atoms with Crippen molar-refractivity contribution in [1.29, 1.82) is 0 Å². The molecule has 0 amide bonds. The SMILES string of the molecule is Cc1nc2c(OC(F)F)cc(CN3CCN(C4=C(F)N([C@H]5C[C@H]5F)CC=C4)CC3)cc2[nH]c1=O. The van der Waals surface area contributed by atoms with Crippen molar-refractivity contribution in [2.45, 2.75) is 38.7 Å². The third-order valence-electron chi connectivity index (χ3n) is 6.45. The summed E-state index contributed by atoms with van der Waals surface area (Å²) in [6.45, 7) is 1.66. The fourth-order valence-corrected chi connectivity index (χ4v) is 4.55. The van der Waals surface area contributed by atoms with Gasteiger partial charge >= 0.3 is 6.61 Å². The van der Waals surface area contributed by atoms with Crippen molar-refractivity contribution in [2.75, 3.05) is 32.7 Å². The molecule has 2 fully saturated rings. The van der Waals surface area contributed by atoms with Gasteiger partial charge in [0.1, 0.15) is 17.4 Å². The van der Waals surface area contributed by atoms with Crippen molar-refractivity contribution < 1.29 is 22.3 Å². The second kappa shape index (κ2) is 8.94. The predicted molar refractivity (Wildman–Crippen MR) is 118 cm³/mol. The molecule has 5 rings (SSSR count). The number of fused-ring (bicyclic) bond motifs is 1. The summed E-state index contributed by atoms with van der Waals surface area (Å²) in [6, 6.07) is 2.85. The van der Waals surface area contributed by atoms with Crippen LogP contribution in [0.1, 0.15) is 17.7 Å². The van der Waals surface area contributed by atoms with Gasteiger partial charge < -0.3 is 19.5 Å². The van der Waals surface area contributed by atoms with E-state index in [1.54, 1.807) is 12.1 Å². The molecule has 1 saturated heterocycles. The van der Waals surface area contributed by atoms with Crippen LogP contribution in [0.25, 0.3) is 11.0 Å². The maximum atomic E-state index is 15.0. The molecule has 0 spiro atoms. The van der Waals surface area contributed by atoms with Crippen LogP contribution in [0.5, 0.6) is 5.75 Å². The summed E-state index contributed by atoms with van der Waals surface area (Å²) >= 11 is 0. The zero-order valence-electron chi connectivity index (χ0n) is 18.6. The number of nitrogens with one attached hydrogen (secondary N) is 1. The lowest BCUT2D eigenvalue weighted by atomic mass is 10.1. The van der Waals surface area contributed by atoms with Crippen molar-refractivity contribution in [1.82, 2.24) is 24.7 Å². The number of piperazine rings is 1. The van der Waals surface area contributed by atoms with Crippen molar-refractivity contribution in [2.24, 2.45) is 0 Å². The Labute approximate surface area is 193 Å². The van der Waals surface area contributed by atoms with E-state index in [-0.39, 0.29) is 29.0 Å². The number of H-pyrrole nitrogens is 1. The topological polar surface area (TPSA) is 64.7 Å². The molecule has 0 bridgehead atoms. The second-order valence-electron chi connectivity index (χ2n) is 8.83. The van der Waals surface area contributed by atoms with Gasteiger partial charge in [-0.3, -0.25) is 9.69 Å². The number of aryl methyl sites for hydroxylation is 1. The van der Waals surface area contributed by atoms with Crippen LogP contribution in [0.3, 0.4) is 0 Å². The average molecular weight is 479 g/mol. The van der Waals surface area contributed by atoms with Crippen LogP contribution in [0.4, 0.5) is 17.6 Å². The molecule has 0 radical (unpaired) electrons. The molecule has 1 saturated carbocycles. The van der Waals surface area contributed by atoms with E-state index in [9.17, 15) is 22.4 Å². The van der Waals surface area contributed by atoms with E-state index in [1.807, 2.05) is 11.0 Å². The number of allylic oxidation sites excluding steroid dienone is 1. The van der Waals surface area contributed by atoms with Gasteiger partial charge in [0.15, 0.2) is 5.75 Å². The second-order valence-corrected chi connectivity index (χ2v) is 8.83. The lowest BCUT2D eigenvalue weighted by Gasteiger charge is -2.38. The van der Waals surface area contributed by atoms with E-state index in [1.165, 1.54) is 17.9 Å². The van der Waals surface area contributed by atoms with Crippen LogP contribution >= 0.6 is 0 Å². The normalized spacial score (nSPS) is 23.4. The van der Waals surface area contributed by atoms with Crippen LogP contribution in [0.2, 0.25) is 0 Å². The molecule has 34 heavy (non-hydrogen) atoms. The Morgan fingerprint density at radius 2 is 1.97 bits per heavy atom. The zero-order chi connectivity index (χ0) is 24.0. The van der Waals surface area contributed by atoms with Gasteiger partial charge in [-0.25, -0.2) is 9.37 Å². The summed E-state index contributed by atoms with van der Waals surface area (Å²) < 4.78 is 59.0. The smallest absolute Gasteiger partial charge is 0.387 e. The van der Waals surface area contributed by atoms with Crippen LogP contribution in [-0.2, 0) is 6.54 Å². The van der Waals surface area contributed by atoms with Crippen LogP contribution in [-0.4, -0.2) is 76.2 Å². The molecule has 2 aromatic rings.